The van der Waals surface area contributed by atoms with Crippen LogP contribution in [0.5, 0.6) is 0 Å². The van der Waals surface area contributed by atoms with Crippen molar-refractivity contribution >= 4 is 23.7 Å². The second kappa shape index (κ2) is 24.5. The van der Waals surface area contributed by atoms with Gasteiger partial charge in [-0.15, -0.1) is 0 Å². The number of unbranched alkanes of at least 4 members (excludes halogenated alkanes) is 4. The number of methoxy groups -OCH3 is 1. The number of esters is 3. The molecular formula is C38H64O13. The second-order valence-electron chi connectivity index (χ2n) is 13.6. The quantitative estimate of drug-likeness (QED) is 0.0368. The Bertz CT molecular complexity index is 1110. The fourth-order valence-corrected chi connectivity index (χ4v) is 5.73. The fourth-order valence-electron chi connectivity index (χ4n) is 5.73. The number of ether oxygens (including phenoxy) is 6. The van der Waals surface area contributed by atoms with Crippen molar-refractivity contribution in [2.45, 2.75) is 155 Å². The molecular weight excluding hydrogens is 664 g/mol. The molecule has 0 amide bonds. The van der Waals surface area contributed by atoms with Crippen molar-refractivity contribution in [3.63, 3.8) is 0 Å². The summed E-state index contributed by atoms with van der Waals surface area (Å²) in [6.07, 6.45) is 6.94. The molecule has 0 aromatic carbocycles. The first-order valence-electron chi connectivity index (χ1n) is 18.4. The van der Waals surface area contributed by atoms with Crippen molar-refractivity contribution in [1.82, 2.24) is 0 Å². The van der Waals surface area contributed by atoms with E-state index in [0.29, 0.717) is 38.9 Å². The molecule has 0 aromatic heterocycles. The molecule has 1 fully saturated rings. The first-order chi connectivity index (χ1) is 24.2. The molecule has 1 aliphatic rings. The van der Waals surface area contributed by atoms with Crippen molar-refractivity contribution in [3.05, 3.63) is 23.8 Å². The number of rotatable bonds is 26. The van der Waals surface area contributed by atoms with E-state index >= 15 is 0 Å². The summed E-state index contributed by atoms with van der Waals surface area (Å²) in [6, 6.07) is 0. The monoisotopic (exact) mass is 728 g/mol. The lowest BCUT2D eigenvalue weighted by atomic mass is 9.67. The van der Waals surface area contributed by atoms with Gasteiger partial charge in [-0.2, -0.15) is 0 Å². The van der Waals surface area contributed by atoms with Crippen LogP contribution in [0.15, 0.2) is 23.8 Å². The molecule has 1 aliphatic heterocycles. The van der Waals surface area contributed by atoms with Crippen molar-refractivity contribution in [3.8, 4) is 0 Å². The molecule has 294 valence electrons. The van der Waals surface area contributed by atoms with Gasteiger partial charge in [0.2, 0.25) is 0 Å². The maximum Gasteiger partial charge on any atom is 0.330 e. The van der Waals surface area contributed by atoms with E-state index in [-0.39, 0.29) is 50.6 Å². The van der Waals surface area contributed by atoms with Crippen molar-refractivity contribution in [1.29, 1.82) is 0 Å². The highest BCUT2D eigenvalue weighted by Crippen LogP contribution is 2.41. The highest BCUT2D eigenvalue weighted by atomic mass is 16.7. The summed E-state index contributed by atoms with van der Waals surface area (Å²) < 4.78 is 33.3. The summed E-state index contributed by atoms with van der Waals surface area (Å²) in [7, 11) is 1.21. The van der Waals surface area contributed by atoms with Crippen LogP contribution < -0.4 is 0 Å². The summed E-state index contributed by atoms with van der Waals surface area (Å²) in [6.45, 7) is 10.8. The largest absolute Gasteiger partial charge is 0.466 e. The van der Waals surface area contributed by atoms with E-state index in [1.54, 1.807) is 39.8 Å². The second-order valence-corrected chi connectivity index (χ2v) is 13.6. The standard InChI is InChI=1S/C38H64O13/c1-8-11-12-13-14-15-32(42)51-36(28(9-2)24-33(43)46-7)38(45,27(4)40)37(5,6)20-16-35-48-23-19-31(50-35)18-22-47-21-17-29(41)25-34(44)49-30(10-3)26-39/h16,20,24,29-31,35-36,39,41,45H,8-15,17-19,21-23,25-26H2,1-7H3/b20-16+,28-24+/t29?,30-,31-,35+,36+,38+/m1/s1. The van der Waals surface area contributed by atoms with Gasteiger partial charge in [-0.1, -0.05) is 66.4 Å². The molecule has 1 heterocycles. The van der Waals surface area contributed by atoms with Crippen molar-refractivity contribution in [2.75, 3.05) is 33.5 Å². The summed E-state index contributed by atoms with van der Waals surface area (Å²) in [5.41, 5.74) is -3.36. The van der Waals surface area contributed by atoms with Gasteiger partial charge in [0.1, 0.15) is 6.10 Å². The van der Waals surface area contributed by atoms with Crippen LogP contribution in [-0.2, 0) is 47.6 Å². The zero-order valence-electron chi connectivity index (χ0n) is 31.9. The third kappa shape index (κ3) is 16.3. The average Bonchev–Trinajstić information content (AvgIpc) is 3.10. The van der Waals surface area contributed by atoms with Crippen LogP contribution in [0.25, 0.3) is 0 Å². The lowest BCUT2D eigenvalue weighted by molar-refractivity contribution is -0.192. The molecule has 0 saturated carbocycles. The number of carbonyl (C=O) groups excluding carboxylic acids is 4. The maximum absolute atomic E-state index is 13.3. The minimum Gasteiger partial charge on any atom is -0.466 e. The van der Waals surface area contributed by atoms with Gasteiger partial charge in [0.25, 0.3) is 0 Å². The molecule has 0 aliphatic carbocycles. The van der Waals surface area contributed by atoms with Crippen LogP contribution in [0.2, 0.25) is 0 Å². The zero-order chi connectivity index (χ0) is 38.5. The van der Waals surface area contributed by atoms with Crippen molar-refractivity contribution < 1.29 is 62.9 Å². The molecule has 6 atom stereocenters. The number of hydrogen-bond donors (Lipinski definition) is 3. The smallest absolute Gasteiger partial charge is 0.330 e. The Morgan fingerprint density at radius 2 is 1.71 bits per heavy atom. The van der Waals surface area contributed by atoms with Crippen LogP contribution >= 0.6 is 0 Å². The molecule has 13 heteroatoms. The minimum atomic E-state index is -2.27. The molecule has 1 unspecified atom stereocenters. The van der Waals surface area contributed by atoms with Gasteiger partial charge in [0.05, 0.1) is 39.0 Å². The predicted octanol–water partition coefficient (Wildman–Crippen LogP) is 4.66. The Kier molecular flexibility index (Phi) is 22.3. The first kappa shape index (κ1) is 46.3. The van der Waals surface area contributed by atoms with E-state index in [1.165, 1.54) is 14.0 Å². The summed E-state index contributed by atoms with van der Waals surface area (Å²) in [5, 5.41) is 31.5. The molecule has 13 nitrogen and oxygen atoms in total. The van der Waals surface area contributed by atoms with Crippen molar-refractivity contribution in [2.24, 2.45) is 5.41 Å². The molecule has 3 N–H and O–H groups in total. The molecule has 0 aromatic rings. The number of Topliss-reactive ketones (excluding diaryl/α,β-unsaturated/α-hetero) is 1. The zero-order valence-corrected chi connectivity index (χ0v) is 31.9. The third-order valence-corrected chi connectivity index (χ3v) is 9.14. The number of hydrogen-bond acceptors (Lipinski definition) is 13. The molecule has 51 heavy (non-hydrogen) atoms. The highest BCUT2D eigenvalue weighted by molar-refractivity contribution is 5.89. The van der Waals surface area contributed by atoms with E-state index in [9.17, 15) is 29.4 Å². The van der Waals surface area contributed by atoms with E-state index in [4.69, 9.17) is 33.5 Å². The number of carbonyl (C=O) groups is 4. The number of ketones is 1. The molecule has 0 radical (unpaired) electrons. The van der Waals surface area contributed by atoms with Crippen LogP contribution in [0.4, 0.5) is 0 Å². The third-order valence-electron chi connectivity index (χ3n) is 9.14. The van der Waals surface area contributed by atoms with E-state index < -0.39 is 59.3 Å². The Balaban J connectivity index is 2.94. The topological polar surface area (TPSA) is 184 Å². The summed E-state index contributed by atoms with van der Waals surface area (Å²) >= 11 is 0. The Morgan fingerprint density at radius 3 is 2.31 bits per heavy atom. The lowest BCUT2D eigenvalue weighted by Crippen LogP contribution is -2.60. The van der Waals surface area contributed by atoms with Crippen LogP contribution in [0.3, 0.4) is 0 Å². The fraction of sp³-hybridized carbons (Fsp3) is 0.789. The SMILES string of the molecule is CCCCCCCC(=O)O[C@@H](/C(=C/C(=O)OC)CC)[C@@](O)(C(C)=O)C(C)(C)/C=C/[C@H]1OCC[C@@H](CCOCCC(O)CC(=O)O[C@H](CC)CO)O1. The summed E-state index contributed by atoms with van der Waals surface area (Å²) in [4.78, 5) is 50.6. The molecule has 0 bridgehead atoms. The molecule has 0 spiro atoms. The van der Waals surface area contributed by atoms with Gasteiger partial charge >= 0.3 is 17.9 Å². The van der Waals surface area contributed by atoms with Crippen LogP contribution in [0.1, 0.15) is 119 Å². The van der Waals surface area contributed by atoms with Gasteiger partial charge in [0.15, 0.2) is 23.8 Å². The maximum atomic E-state index is 13.3. The highest BCUT2D eigenvalue weighted by Gasteiger charge is 2.55. The average molecular weight is 729 g/mol. The van der Waals surface area contributed by atoms with Gasteiger partial charge in [-0.25, -0.2) is 4.79 Å². The minimum absolute atomic E-state index is 0.106. The van der Waals surface area contributed by atoms with Gasteiger partial charge in [-0.05, 0) is 57.1 Å². The van der Waals surface area contributed by atoms with E-state index in [1.807, 2.05) is 0 Å². The van der Waals surface area contributed by atoms with Crippen LogP contribution in [-0.4, -0.2) is 109 Å². The predicted molar refractivity (Wildman–Crippen MR) is 189 cm³/mol. The Hall–Kier alpha value is -2.68. The Morgan fingerprint density at radius 1 is 1.00 bits per heavy atom. The van der Waals surface area contributed by atoms with Gasteiger partial charge in [0, 0.05) is 31.1 Å². The number of aliphatic hydroxyl groups is 3. The molecule has 1 rings (SSSR count). The van der Waals surface area contributed by atoms with E-state index in [0.717, 1.165) is 31.8 Å². The summed E-state index contributed by atoms with van der Waals surface area (Å²) in [5.74, 6) is -2.51. The first-order valence-corrected chi connectivity index (χ1v) is 18.4. The lowest BCUT2D eigenvalue weighted by Gasteiger charge is -2.44. The van der Waals surface area contributed by atoms with Crippen LogP contribution in [0, 0.1) is 5.41 Å². The van der Waals surface area contributed by atoms with E-state index in [2.05, 4.69) is 6.92 Å². The Labute approximate surface area is 304 Å². The molecule has 1 saturated heterocycles. The van der Waals surface area contributed by atoms with Gasteiger partial charge < -0.3 is 43.7 Å². The normalized spacial score (nSPS) is 19.9. The van der Waals surface area contributed by atoms with Gasteiger partial charge in [-0.3, -0.25) is 14.4 Å². The number of aliphatic hydroxyl groups excluding tert-OH is 2.